The molecule has 0 saturated carbocycles. The maximum absolute atomic E-state index is 6.67. The van der Waals surface area contributed by atoms with Gasteiger partial charge < -0.3 is 4.74 Å². The molecule has 0 bridgehead atoms. The van der Waals surface area contributed by atoms with Crippen LogP contribution in [0.3, 0.4) is 0 Å². The van der Waals surface area contributed by atoms with Gasteiger partial charge in [0, 0.05) is 12.5 Å². The van der Waals surface area contributed by atoms with Crippen LogP contribution < -0.4 is 0 Å². The number of alkyl halides is 1. The largest absolute Gasteiger partial charge is 0.378 e. The van der Waals surface area contributed by atoms with Crippen LogP contribution in [0.15, 0.2) is 24.3 Å². The topological polar surface area (TPSA) is 9.23 Å². The summed E-state index contributed by atoms with van der Waals surface area (Å²) in [4.78, 5) is 0. The van der Waals surface area contributed by atoms with Crippen molar-refractivity contribution in [3.63, 3.8) is 0 Å². The molecule has 0 aliphatic carbocycles. The van der Waals surface area contributed by atoms with E-state index >= 15 is 0 Å². The molecular weight excluding hydrogens is 256 g/mol. The van der Waals surface area contributed by atoms with Crippen molar-refractivity contribution in [1.82, 2.24) is 0 Å². The Labute approximate surface area is 122 Å². The average Bonchev–Trinajstić information content (AvgIpc) is 2.94. The second-order valence-electron chi connectivity index (χ2n) is 5.65. The quantitative estimate of drug-likeness (QED) is 0.666. The molecule has 1 heterocycles. The molecule has 2 rings (SSSR count). The van der Waals surface area contributed by atoms with Gasteiger partial charge in [0.2, 0.25) is 0 Å². The molecule has 1 saturated heterocycles. The smallest absolute Gasteiger partial charge is 0.0639 e. The molecule has 1 nitrogen and oxygen atoms in total. The Hall–Kier alpha value is -0.530. The molecule has 1 fully saturated rings. The van der Waals surface area contributed by atoms with Crippen LogP contribution in [-0.4, -0.2) is 12.7 Å². The Bertz CT molecular complexity index is 387. The van der Waals surface area contributed by atoms with E-state index in [1.165, 1.54) is 17.5 Å². The Morgan fingerprint density at radius 3 is 2.42 bits per heavy atom. The maximum Gasteiger partial charge on any atom is 0.0639 e. The predicted molar refractivity (Wildman–Crippen MR) is 81.9 cm³/mol. The fourth-order valence-electron chi connectivity index (χ4n) is 2.91. The lowest BCUT2D eigenvalue weighted by atomic mass is 9.90. The molecule has 106 valence electrons. The highest BCUT2D eigenvalue weighted by Crippen LogP contribution is 2.39. The second-order valence-corrected chi connectivity index (χ2v) is 6.12. The monoisotopic (exact) mass is 280 g/mol. The van der Waals surface area contributed by atoms with Gasteiger partial charge in [0.05, 0.1) is 11.5 Å². The Balaban J connectivity index is 2.09. The molecule has 1 aliphatic heterocycles. The van der Waals surface area contributed by atoms with Gasteiger partial charge in [-0.25, -0.2) is 0 Å². The van der Waals surface area contributed by atoms with Crippen LogP contribution in [0.1, 0.15) is 62.5 Å². The minimum atomic E-state index is 0.0819. The molecule has 0 spiro atoms. The Kier molecular flexibility index (Phi) is 5.29. The molecule has 0 aromatic heterocycles. The van der Waals surface area contributed by atoms with Crippen LogP contribution in [-0.2, 0) is 4.74 Å². The zero-order chi connectivity index (χ0) is 13.8. The van der Waals surface area contributed by atoms with Crippen LogP contribution in [0.4, 0.5) is 0 Å². The lowest BCUT2D eigenvalue weighted by Gasteiger charge is -2.22. The molecule has 0 radical (unpaired) electrons. The van der Waals surface area contributed by atoms with E-state index in [1.54, 1.807) is 0 Å². The third-order valence-corrected chi connectivity index (χ3v) is 5.05. The number of hydrogen-bond donors (Lipinski definition) is 0. The highest BCUT2D eigenvalue weighted by atomic mass is 35.5. The maximum atomic E-state index is 6.67. The molecule has 4 atom stereocenters. The summed E-state index contributed by atoms with van der Waals surface area (Å²) >= 11 is 6.67. The lowest BCUT2D eigenvalue weighted by Crippen LogP contribution is -2.19. The third-order valence-electron chi connectivity index (χ3n) is 4.48. The lowest BCUT2D eigenvalue weighted by molar-refractivity contribution is 0.0864. The second kappa shape index (κ2) is 6.76. The highest BCUT2D eigenvalue weighted by Gasteiger charge is 2.33. The average molecular weight is 281 g/mol. The van der Waals surface area contributed by atoms with E-state index < -0.39 is 0 Å². The van der Waals surface area contributed by atoms with E-state index in [0.29, 0.717) is 17.9 Å². The summed E-state index contributed by atoms with van der Waals surface area (Å²) < 4.78 is 5.75. The SMILES string of the molecule is CCC(C)c1ccc(C(Cl)C2CCOC2CC)cc1. The summed E-state index contributed by atoms with van der Waals surface area (Å²) in [6.07, 6.45) is 3.65. The Morgan fingerprint density at radius 1 is 1.21 bits per heavy atom. The van der Waals surface area contributed by atoms with E-state index in [2.05, 4.69) is 45.0 Å². The van der Waals surface area contributed by atoms with Crippen molar-refractivity contribution in [2.24, 2.45) is 5.92 Å². The number of rotatable bonds is 5. The molecule has 1 aromatic rings. The van der Waals surface area contributed by atoms with E-state index in [9.17, 15) is 0 Å². The standard InChI is InChI=1S/C17H25ClO/c1-4-12(3)13-6-8-14(9-7-13)17(18)15-10-11-19-16(15)5-2/h6-9,12,15-17H,4-5,10-11H2,1-3H3. The zero-order valence-electron chi connectivity index (χ0n) is 12.2. The van der Waals surface area contributed by atoms with E-state index in [1.807, 2.05) is 0 Å². The normalized spacial score (nSPS) is 26.3. The first-order chi connectivity index (χ1) is 9.17. The van der Waals surface area contributed by atoms with Gasteiger partial charge in [-0.05, 0) is 36.3 Å². The highest BCUT2D eigenvalue weighted by molar-refractivity contribution is 6.21. The third kappa shape index (κ3) is 3.32. The summed E-state index contributed by atoms with van der Waals surface area (Å²) in [5.41, 5.74) is 2.65. The first-order valence-corrected chi connectivity index (χ1v) is 7.96. The van der Waals surface area contributed by atoms with Crippen LogP contribution in [0.2, 0.25) is 0 Å². The van der Waals surface area contributed by atoms with E-state index in [0.717, 1.165) is 19.4 Å². The van der Waals surface area contributed by atoms with Gasteiger partial charge in [-0.2, -0.15) is 0 Å². The van der Waals surface area contributed by atoms with Crippen molar-refractivity contribution in [3.05, 3.63) is 35.4 Å². The predicted octanol–water partition coefficient (Wildman–Crippen LogP) is 5.30. The van der Waals surface area contributed by atoms with E-state index in [4.69, 9.17) is 16.3 Å². The first kappa shape index (κ1) is 14.9. The van der Waals surface area contributed by atoms with Crippen molar-refractivity contribution in [2.75, 3.05) is 6.61 Å². The first-order valence-electron chi connectivity index (χ1n) is 7.52. The summed E-state index contributed by atoms with van der Waals surface area (Å²) in [5.74, 6) is 1.09. The van der Waals surface area contributed by atoms with Gasteiger partial charge in [-0.15, -0.1) is 11.6 Å². The fraction of sp³-hybridized carbons (Fsp3) is 0.647. The number of benzene rings is 1. The summed E-state index contributed by atoms with van der Waals surface area (Å²) in [7, 11) is 0. The van der Waals surface area contributed by atoms with Crippen molar-refractivity contribution < 1.29 is 4.74 Å². The number of halogens is 1. The van der Waals surface area contributed by atoms with Crippen LogP contribution in [0.25, 0.3) is 0 Å². The van der Waals surface area contributed by atoms with Crippen LogP contribution in [0.5, 0.6) is 0 Å². The number of hydrogen-bond acceptors (Lipinski definition) is 1. The summed E-state index contributed by atoms with van der Waals surface area (Å²) in [6, 6.07) is 8.86. The molecule has 1 aliphatic rings. The molecule has 0 amide bonds. The van der Waals surface area contributed by atoms with Crippen molar-refractivity contribution >= 4 is 11.6 Å². The minimum absolute atomic E-state index is 0.0819. The van der Waals surface area contributed by atoms with Crippen molar-refractivity contribution in [1.29, 1.82) is 0 Å². The van der Waals surface area contributed by atoms with Crippen LogP contribution >= 0.6 is 11.6 Å². The van der Waals surface area contributed by atoms with Crippen molar-refractivity contribution in [2.45, 2.75) is 57.4 Å². The molecule has 4 unspecified atom stereocenters. The van der Waals surface area contributed by atoms with Gasteiger partial charge in [0.25, 0.3) is 0 Å². The summed E-state index contributed by atoms with van der Waals surface area (Å²) in [6.45, 7) is 7.53. The minimum Gasteiger partial charge on any atom is -0.378 e. The van der Waals surface area contributed by atoms with Crippen molar-refractivity contribution in [3.8, 4) is 0 Å². The number of ether oxygens (including phenoxy) is 1. The van der Waals surface area contributed by atoms with Gasteiger partial charge in [0.1, 0.15) is 0 Å². The molecule has 2 heteroatoms. The van der Waals surface area contributed by atoms with Gasteiger partial charge in [-0.1, -0.05) is 45.0 Å². The zero-order valence-corrected chi connectivity index (χ0v) is 13.0. The molecule has 19 heavy (non-hydrogen) atoms. The van der Waals surface area contributed by atoms with Gasteiger partial charge in [0.15, 0.2) is 0 Å². The Morgan fingerprint density at radius 2 is 1.84 bits per heavy atom. The molecular formula is C17H25ClO. The molecule has 0 N–H and O–H groups in total. The summed E-state index contributed by atoms with van der Waals surface area (Å²) in [5, 5.41) is 0.0819. The van der Waals surface area contributed by atoms with Gasteiger partial charge in [-0.3, -0.25) is 0 Å². The van der Waals surface area contributed by atoms with Crippen LogP contribution in [0, 0.1) is 5.92 Å². The van der Waals surface area contributed by atoms with E-state index in [-0.39, 0.29) is 5.38 Å². The fourth-order valence-corrected chi connectivity index (χ4v) is 3.35. The molecule has 1 aromatic carbocycles. The van der Waals surface area contributed by atoms with Gasteiger partial charge >= 0.3 is 0 Å².